The van der Waals surface area contributed by atoms with Crippen molar-refractivity contribution in [2.24, 2.45) is 0 Å². The first-order chi connectivity index (χ1) is 8.24. The second-order valence-electron chi connectivity index (χ2n) is 4.16. The zero-order valence-electron chi connectivity index (χ0n) is 9.41. The predicted octanol–water partition coefficient (Wildman–Crippen LogP) is 1.35. The van der Waals surface area contributed by atoms with Gasteiger partial charge in [-0.05, 0) is 19.1 Å². The van der Waals surface area contributed by atoms with E-state index >= 15 is 0 Å². The first kappa shape index (κ1) is 10.5. The lowest BCUT2D eigenvalue weighted by Crippen LogP contribution is -2.50. The van der Waals surface area contributed by atoms with Gasteiger partial charge in [-0.3, -0.25) is 4.79 Å². The Morgan fingerprint density at radius 2 is 2.29 bits per heavy atom. The number of thiophene rings is 1. The maximum atomic E-state index is 12.0. The van der Waals surface area contributed by atoms with E-state index in [0.717, 1.165) is 18.0 Å². The summed E-state index contributed by atoms with van der Waals surface area (Å²) >= 11 is 1.55. The molecule has 0 aliphatic carbocycles. The van der Waals surface area contributed by atoms with Gasteiger partial charge in [0.25, 0.3) is 5.91 Å². The molecule has 5 nitrogen and oxygen atoms in total. The van der Waals surface area contributed by atoms with E-state index in [4.69, 9.17) is 0 Å². The molecular weight excluding hydrogens is 236 g/mol. The summed E-state index contributed by atoms with van der Waals surface area (Å²) in [6, 6.07) is 4.15. The van der Waals surface area contributed by atoms with Crippen molar-refractivity contribution in [1.82, 2.24) is 19.9 Å². The van der Waals surface area contributed by atoms with Crippen LogP contribution in [0.5, 0.6) is 0 Å². The summed E-state index contributed by atoms with van der Waals surface area (Å²) in [6.07, 6.45) is 3.49. The van der Waals surface area contributed by atoms with Gasteiger partial charge in [0.05, 0.1) is 17.1 Å². The molecular formula is C11H12N4OS. The fourth-order valence-electron chi connectivity index (χ4n) is 1.91. The largest absolute Gasteiger partial charge is 0.334 e. The standard InChI is InChI=1S/C11H12N4OS/c1-8-2-3-10(17-8)11(16)14-6-9(7-14)15-5-4-12-13-15/h2-5,9H,6-7H2,1H3. The monoisotopic (exact) mass is 248 g/mol. The Morgan fingerprint density at radius 3 is 2.88 bits per heavy atom. The highest BCUT2D eigenvalue weighted by Crippen LogP contribution is 2.24. The van der Waals surface area contributed by atoms with Crippen LogP contribution in [-0.4, -0.2) is 38.9 Å². The molecule has 1 aliphatic heterocycles. The number of carbonyl (C=O) groups excluding carboxylic acids is 1. The SMILES string of the molecule is Cc1ccc(C(=O)N2CC(n3ccnn3)C2)s1. The Hall–Kier alpha value is -1.69. The summed E-state index contributed by atoms with van der Waals surface area (Å²) in [6.45, 7) is 3.45. The molecule has 0 radical (unpaired) electrons. The summed E-state index contributed by atoms with van der Waals surface area (Å²) in [7, 11) is 0. The molecule has 1 aliphatic rings. The topological polar surface area (TPSA) is 51.0 Å². The molecule has 3 rings (SSSR count). The Balaban J connectivity index is 1.64. The van der Waals surface area contributed by atoms with Crippen molar-refractivity contribution in [3.05, 3.63) is 34.3 Å². The molecule has 0 unspecified atom stereocenters. The van der Waals surface area contributed by atoms with Crippen LogP contribution in [-0.2, 0) is 0 Å². The lowest BCUT2D eigenvalue weighted by atomic mass is 10.1. The number of amides is 1. The summed E-state index contributed by atoms with van der Waals surface area (Å²) < 4.78 is 1.81. The van der Waals surface area contributed by atoms with E-state index < -0.39 is 0 Å². The van der Waals surface area contributed by atoms with Crippen molar-refractivity contribution in [1.29, 1.82) is 0 Å². The summed E-state index contributed by atoms with van der Waals surface area (Å²) in [4.78, 5) is 15.9. The summed E-state index contributed by atoms with van der Waals surface area (Å²) in [5.41, 5.74) is 0. The molecule has 0 saturated carbocycles. The fourth-order valence-corrected chi connectivity index (χ4v) is 2.74. The number of likely N-dealkylation sites (tertiary alicyclic amines) is 1. The van der Waals surface area contributed by atoms with Gasteiger partial charge in [0.1, 0.15) is 0 Å². The Labute approximate surface area is 103 Å². The molecule has 2 aromatic rings. The van der Waals surface area contributed by atoms with Gasteiger partial charge >= 0.3 is 0 Å². The maximum Gasteiger partial charge on any atom is 0.264 e. The number of rotatable bonds is 2. The quantitative estimate of drug-likeness (QED) is 0.806. The summed E-state index contributed by atoms with van der Waals surface area (Å²) in [5, 5.41) is 7.71. The van der Waals surface area contributed by atoms with E-state index in [9.17, 15) is 4.79 Å². The van der Waals surface area contributed by atoms with Gasteiger partial charge in [-0.1, -0.05) is 5.21 Å². The van der Waals surface area contributed by atoms with Crippen molar-refractivity contribution in [2.75, 3.05) is 13.1 Å². The van der Waals surface area contributed by atoms with Gasteiger partial charge in [0, 0.05) is 24.2 Å². The predicted molar refractivity (Wildman–Crippen MR) is 64.0 cm³/mol. The van der Waals surface area contributed by atoms with Gasteiger partial charge in [0.2, 0.25) is 0 Å². The van der Waals surface area contributed by atoms with Crippen molar-refractivity contribution >= 4 is 17.2 Å². The second kappa shape index (κ2) is 3.96. The third kappa shape index (κ3) is 1.84. The zero-order valence-corrected chi connectivity index (χ0v) is 10.2. The average molecular weight is 248 g/mol. The highest BCUT2D eigenvalue weighted by Gasteiger charge is 2.33. The van der Waals surface area contributed by atoms with Crippen LogP contribution in [0.4, 0.5) is 0 Å². The third-order valence-electron chi connectivity index (χ3n) is 2.92. The number of nitrogens with zero attached hydrogens (tertiary/aromatic N) is 4. The van der Waals surface area contributed by atoms with Crippen molar-refractivity contribution in [2.45, 2.75) is 13.0 Å². The lowest BCUT2D eigenvalue weighted by Gasteiger charge is -2.38. The van der Waals surface area contributed by atoms with E-state index in [1.54, 1.807) is 17.5 Å². The van der Waals surface area contributed by atoms with E-state index in [1.165, 1.54) is 4.88 Å². The molecule has 17 heavy (non-hydrogen) atoms. The van der Waals surface area contributed by atoms with Gasteiger partial charge in [-0.25, -0.2) is 4.68 Å². The molecule has 2 aromatic heterocycles. The highest BCUT2D eigenvalue weighted by atomic mass is 32.1. The number of aromatic nitrogens is 3. The minimum absolute atomic E-state index is 0.125. The van der Waals surface area contributed by atoms with E-state index in [0.29, 0.717) is 0 Å². The smallest absolute Gasteiger partial charge is 0.264 e. The van der Waals surface area contributed by atoms with Gasteiger partial charge in [-0.15, -0.1) is 16.4 Å². The number of hydrogen-bond acceptors (Lipinski definition) is 4. The number of aryl methyl sites for hydroxylation is 1. The Morgan fingerprint density at radius 1 is 1.47 bits per heavy atom. The molecule has 1 saturated heterocycles. The summed E-state index contributed by atoms with van der Waals surface area (Å²) in [5.74, 6) is 0.125. The van der Waals surface area contributed by atoms with Gasteiger partial charge in [-0.2, -0.15) is 0 Å². The van der Waals surface area contributed by atoms with Crippen molar-refractivity contribution in [3.63, 3.8) is 0 Å². The van der Waals surface area contributed by atoms with Gasteiger partial charge in [0.15, 0.2) is 0 Å². The number of carbonyl (C=O) groups is 1. The maximum absolute atomic E-state index is 12.0. The van der Waals surface area contributed by atoms with E-state index in [1.807, 2.05) is 34.8 Å². The van der Waals surface area contributed by atoms with Crippen LogP contribution < -0.4 is 0 Å². The van der Waals surface area contributed by atoms with Crippen LogP contribution in [0.25, 0.3) is 0 Å². The number of hydrogen-bond donors (Lipinski definition) is 0. The van der Waals surface area contributed by atoms with Crippen molar-refractivity contribution < 1.29 is 4.79 Å². The van der Waals surface area contributed by atoms with Crippen LogP contribution in [0.3, 0.4) is 0 Å². The van der Waals surface area contributed by atoms with Crippen LogP contribution in [0.15, 0.2) is 24.5 Å². The molecule has 0 spiro atoms. The zero-order chi connectivity index (χ0) is 11.8. The fraction of sp³-hybridized carbons (Fsp3) is 0.364. The van der Waals surface area contributed by atoms with E-state index in [2.05, 4.69) is 10.3 Å². The van der Waals surface area contributed by atoms with Crippen LogP contribution in [0, 0.1) is 6.92 Å². The minimum atomic E-state index is 0.125. The third-order valence-corrected chi connectivity index (χ3v) is 3.90. The molecule has 0 N–H and O–H groups in total. The normalized spacial score (nSPS) is 15.9. The Kier molecular flexibility index (Phi) is 2.44. The van der Waals surface area contributed by atoms with Crippen LogP contribution in [0.1, 0.15) is 20.6 Å². The molecule has 6 heteroatoms. The van der Waals surface area contributed by atoms with E-state index in [-0.39, 0.29) is 11.9 Å². The Bertz CT molecular complexity index is 527. The van der Waals surface area contributed by atoms with Crippen LogP contribution >= 0.6 is 11.3 Å². The molecule has 0 bridgehead atoms. The molecule has 88 valence electrons. The molecule has 1 fully saturated rings. The molecule has 0 aromatic carbocycles. The lowest BCUT2D eigenvalue weighted by molar-refractivity contribution is 0.0503. The molecule has 3 heterocycles. The first-order valence-electron chi connectivity index (χ1n) is 5.45. The van der Waals surface area contributed by atoms with Crippen molar-refractivity contribution in [3.8, 4) is 0 Å². The highest BCUT2D eigenvalue weighted by molar-refractivity contribution is 7.13. The molecule has 1 amide bonds. The molecule has 0 atom stereocenters. The van der Waals surface area contributed by atoms with Crippen LogP contribution in [0.2, 0.25) is 0 Å². The minimum Gasteiger partial charge on any atom is -0.334 e. The average Bonchev–Trinajstić information content (AvgIpc) is 2.86. The first-order valence-corrected chi connectivity index (χ1v) is 6.27. The van der Waals surface area contributed by atoms with Gasteiger partial charge < -0.3 is 4.90 Å². The second-order valence-corrected chi connectivity index (χ2v) is 5.45.